The number of nitrogens with one attached hydrogen (secondary N) is 1. The molecule has 0 aliphatic heterocycles. The van der Waals surface area contributed by atoms with Crippen molar-refractivity contribution in [2.45, 2.75) is 64.0 Å². The van der Waals surface area contributed by atoms with Crippen molar-refractivity contribution in [2.24, 2.45) is 5.92 Å². The van der Waals surface area contributed by atoms with Crippen molar-refractivity contribution >= 4 is 18.1 Å². The Morgan fingerprint density at radius 2 is 1.91 bits per heavy atom. The predicted octanol–water partition coefficient (Wildman–Crippen LogP) is 2.57. The summed E-state index contributed by atoms with van der Waals surface area (Å²) in [6.07, 6.45) is -0.637. The maximum Gasteiger partial charge on any atom is 0.408 e. The van der Waals surface area contributed by atoms with Gasteiger partial charge in [-0.2, -0.15) is 4.79 Å². The van der Waals surface area contributed by atoms with Crippen LogP contribution in [0.25, 0.3) is 5.53 Å². The van der Waals surface area contributed by atoms with Crippen LogP contribution in [0.4, 0.5) is 13.6 Å². The predicted molar refractivity (Wildman–Crippen MR) is 74.8 cm³/mol. The summed E-state index contributed by atoms with van der Waals surface area (Å²) in [5.41, 5.74) is 7.72. The molecule has 124 valence electrons. The minimum atomic E-state index is -2.74. The maximum atomic E-state index is 13.2. The molecule has 1 aliphatic rings. The summed E-state index contributed by atoms with van der Waals surface area (Å²) in [5.74, 6) is -3.83. The van der Waals surface area contributed by atoms with Crippen LogP contribution in [0.1, 0.15) is 46.5 Å². The molecule has 0 aromatic heterocycles. The zero-order valence-electron chi connectivity index (χ0n) is 12.9. The second-order valence-electron chi connectivity index (χ2n) is 6.46. The van der Waals surface area contributed by atoms with Crippen molar-refractivity contribution in [1.82, 2.24) is 5.32 Å². The van der Waals surface area contributed by atoms with Gasteiger partial charge in [-0.25, -0.2) is 13.6 Å². The molecule has 1 fully saturated rings. The van der Waals surface area contributed by atoms with Crippen LogP contribution in [-0.2, 0) is 9.53 Å². The summed E-state index contributed by atoms with van der Waals surface area (Å²) >= 11 is 0. The van der Waals surface area contributed by atoms with Crippen LogP contribution >= 0.6 is 0 Å². The molecule has 0 spiro atoms. The number of alkyl halides is 2. The number of ketones is 1. The Balaban J connectivity index is 2.79. The van der Waals surface area contributed by atoms with Gasteiger partial charge in [-0.15, -0.1) is 0 Å². The van der Waals surface area contributed by atoms with E-state index in [1.807, 2.05) is 0 Å². The van der Waals surface area contributed by atoms with Crippen molar-refractivity contribution in [1.29, 1.82) is 0 Å². The van der Waals surface area contributed by atoms with Gasteiger partial charge in [-0.05, 0) is 39.5 Å². The molecule has 0 unspecified atom stereocenters. The normalized spacial score (nSPS) is 19.7. The Bertz CT molecular complexity index is 472. The molecule has 8 heteroatoms. The average Bonchev–Trinajstić information content (AvgIpc) is 2.34. The Hall–Kier alpha value is -1.82. The highest BCUT2D eigenvalue weighted by Crippen LogP contribution is 2.37. The average molecular weight is 317 g/mol. The van der Waals surface area contributed by atoms with E-state index >= 15 is 0 Å². The van der Waals surface area contributed by atoms with Crippen LogP contribution in [0, 0.1) is 5.92 Å². The largest absolute Gasteiger partial charge is 0.444 e. The molecule has 0 bridgehead atoms. The number of carbonyl (C=O) groups is 2. The minimum absolute atomic E-state index is 0.0957. The fraction of sp³-hybridized carbons (Fsp3) is 0.786. The van der Waals surface area contributed by atoms with Gasteiger partial charge in [0.25, 0.3) is 5.78 Å². The van der Waals surface area contributed by atoms with Crippen LogP contribution < -0.4 is 5.32 Å². The van der Waals surface area contributed by atoms with E-state index in [9.17, 15) is 18.4 Å². The van der Waals surface area contributed by atoms with Gasteiger partial charge in [-0.3, -0.25) is 4.79 Å². The highest BCUT2D eigenvalue weighted by Gasteiger charge is 2.41. The topological polar surface area (TPSA) is 91.8 Å². The number of hydrogen-bond acceptors (Lipinski definition) is 3. The van der Waals surface area contributed by atoms with E-state index in [4.69, 9.17) is 10.3 Å². The molecule has 0 radical (unpaired) electrons. The molecule has 1 amide bonds. The number of amides is 1. The van der Waals surface area contributed by atoms with Gasteiger partial charge in [0, 0.05) is 12.8 Å². The number of alkyl carbamates (subject to hydrolysis) is 1. The molecular formula is C14H21F2N3O3. The number of hydrogen-bond donors (Lipinski definition) is 1. The molecular weight excluding hydrogens is 296 g/mol. The van der Waals surface area contributed by atoms with Crippen molar-refractivity contribution in [3.05, 3.63) is 5.53 Å². The lowest BCUT2D eigenvalue weighted by Gasteiger charge is -2.32. The van der Waals surface area contributed by atoms with Crippen molar-refractivity contribution in [3.8, 4) is 0 Å². The van der Waals surface area contributed by atoms with E-state index in [0.717, 1.165) is 0 Å². The van der Waals surface area contributed by atoms with E-state index in [-0.39, 0.29) is 25.7 Å². The molecule has 0 heterocycles. The molecule has 0 saturated heterocycles. The van der Waals surface area contributed by atoms with Crippen molar-refractivity contribution < 1.29 is 27.9 Å². The Morgan fingerprint density at radius 3 is 2.36 bits per heavy atom. The van der Waals surface area contributed by atoms with Gasteiger partial charge >= 0.3 is 12.3 Å². The molecule has 0 aromatic rings. The molecule has 22 heavy (non-hydrogen) atoms. The zero-order chi connectivity index (χ0) is 17.0. The number of rotatable bonds is 4. The first-order chi connectivity index (χ1) is 10.0. The van der Waals surface area contributed by atoms with Crippen LogP contribution in [-0.4, -0.2) is 40.4 Å². The van der Waals surface area contributed by atoms with Gasteiger partial charge in [-0.1, -0.05) is 0 Å². The van der Waals surface area contributed by atoms with Gasteiger partial charge in [0.1, 0.15) is 11.6 Å². The van der Waals surface area contributed by atoms with Crippen LogP contribution in [0.2, 0.25) is 0 Å². The number of carbonyl (C=O) groups excluding carboxylic acids is 2. The zero-order valence-corrected chi connectivity index (χ0v) is 12.9. The fourth-order valence-corrected chi connectivity index (χ4v) is 2.39. The summed E-state index contributed by atoms with van der Waals surface area (Å²) in [7, 11) is 0. The first-order valence-corrected chi connectivity index (χ1v) is 7.13. The Labute approximate surface area is 127 Å². The summed E-state index contributed by atoms with van der Waals surface area (Å²) in [4.78, 5) is 26.4. The van der Waals surface area contributed by atoms with Crippen molar-refractivity contribution in [2.75, 3.05) is 0 Å². The molecule has 1 N–H and O–H groups in total. The lowest BCUT2D eigenvalue weighted by Crippen LogP contribution is -2.49. The van der Waals surface area contributed by atoms with E-state index < -0.39 is 35.4 Å². The lowest BCUT2D eigenvalue weighted by molar-refractivity contribution is -0.120. The number of Topliss-reactive ketones (excluding diaryl/α,β-unsaturated/α-hetero) is 1. The van der Waals surface area contributed by atoms with E-state index in [1.165, 1.54) is 0 Å². The summed E-state index contributed by atoms with van der Waals surface area (Å²) in [6.45, 7) is 5.00. The molecule has 1 atom stereocenters. The number of nitrogens with zero attached hydrogens (tertiary/aromatic N) is 2. The third-order valence-electron chi connectivity index (χ3n) is 3.40. The molecule has 0 aromatic carbocycles. The smallest absolute Gasteiger partial charge is 0.408 e. The van der Waals surface area contributed by atoms with Gasteiger partial charge in [0.05, 0.1) is 0 Å². The van der Waals surface area contributed by atoms with Gasteiger partial charge < -0.3 is 15.6 Å². The standard InChI is InChI=1S/C14H21F2N3O3/c1-13(2,3)22-12(21)19-11(10(20)8-18-17)9-4-6-14(15,16)7-5-9/h8-9,11H,4-7H2,1-3H3,(H,19,21)/t11-/m0/s1. The molecule has 1 saturated carbocycles. The van der Waals surface area contributed by atoms with Crippen LogP contribution in [0.3, 0.4) is 0 Å². The van der Waals surface area contributed by atoms with E-state index in [2.05, 4.69) is 10.1 Å². The minimum Gasteiger partial charge on any atom is -0.444 e. The third-order valence-corrected chi connectivity index (χ3v) is 3.40. The summed E-state index contributed by atoms with van der Waals surface area (Å²) < 4.78 is 31.5. The first-order valence-electron chi connectivity index (χ1n) is 7.13. The van der Waals surface area contributed by atoms with Crippen molar-refractivity contribution in [3.63, 3.8) is 0 Å². The molecule has 6 nitrogen and oxygen atoms in total. The Morgan fingerprint density at radius 1 is 1.36 bits per heavy atom. The van der Waals surface area contributed by atoms with E-state index in [1.54, 1.807) is 20.8 Å². The van der Waals surface area contributed by atoms with Gasteiger partial charge in [0.15, 0.2) is 0 Å². The fourth-order valence-electron chi connectivity index (χ4n) is 2.39. The summed E-state index contributed by atoms with van der Waals surface area (Å²) in [5, 5.41) is 2.40. The number of halogens is 2. The van der Waals surface area contributed by atoms with Crippen LogP contribution in [0.5, 0.6) is 0 Å². The number of ether oxygens (including phenoxy) is 1. The summed E-state index contributed by atoms with van der Waals surface area (Å²) in [6, 6.07) is -1.04. The monoisotopic (exact) mass is 317 g/mol. The highest BCUT2D eigenvalue weighted by atomic mass is 19.3. The highest BCUT2D eigenvalue weighted by molar-refractivity contribution is 6.28. The molecule has 1 rings (SSSR count). The third kappa shape index (κ3) is 5.89. The molecule has 1 aliphatic carbocycles. The van der Waals surface area contributed by atoms with E-state index in [0.29, 0.717) is 6.21 Å². The second kappa shape index (κ2) is 6.96. The Kier molecular flexibility index (Phi) is 5.77. The maximum absolute atomic E-state index is 13.2. The van der Waals surface area contributed by atoms with Gasteiger partial charge in [0.2, 0.25) is 5.92 Å². The quantitative estimate of drug-likeness (QED) is 0.490. The SMILES string of the molecule is CC(C)(C)OC(=O)N[C@H](C(=O)C=[N+]=[N-])C1CCC(F)(F)CC1. The van der Waals surface area contributed by atoms with Crippen LogP contribution in [0.15, 0.2) is 0 Å². The second-order valence-corrected chi connectivity index (χ2v) is 6.46. The lowest BCUT2D eigenvalue weighted by atomic mass is 9.81. The first kappa shape index (κ1) is 18.2.